The second-order valence-corrected chi connectivity index (χ2v) is 10.4. The van der Waals surface area contributed by atoms with Crippen LogP contribution < -0.4 is 0 Å². The van der Waals surface area contributed by atoms with Crippen LogP contribution in [0.5, 0.6) is 0 Å². The number of aryl methyl sites for hydroxylation is 2. The van der Waals surface area contributed by atoms with E-state index in [0.29, 0.717) is 11.8 Å². The van der Waals surface area contributed by atoms with E-state index in [1.807, 2.05) is 0 Å². The first-order chi connectivity index (χ1) is 16.8. The van der Waals surface area contributed by atoms with Crippen LogP contribution in [-0.4, -0.2) is 0 Å². The van der Waals surface area contributed by atoms with Gasteiger partial charge in [-0.2, -0.15) is 0 Å². The summed E-state index contributed by atoms with van der Waals surface area (Å²) in [6, 6.07) is 17.2. The molecule has 0 bridgehead atoms. The van der Waals surface area contributed by atoms with Gasteiger partial charge in [-0.3, -0.25) is 0 Å². The Bertz CT molecular complexity index is 1170. The number of allylic oxidation sites excluding steroid dienone is 11. The summed E-state index contributed by atoms with van der Waals surface area (Å²) in [6.07, 6.45) is 17.3. The van der Waals surface area contributed by atoms with Gasteiger partial charge in [-0.15, -0.1) is 0 Å². The van der Waals surface area contributed by atoms with Gasteiger partial charge in [0.05, 0.1) is 0 Å². The zero-order valence-electron chi connectivity index (χ0n) is 22.6. The van der Waals surface area contributed by atoms with Crippen molar-refractivity contribution in [2.45, 2.75) is 60.8 Å². The summed E-state index contributed by atoms with van der Waals surface area (Å²) in [7, 11) is 0. The third kappa shape index (κ3) is 7.43. The first-order valence-corrected chi connectivity index (χ1v) is 13.0. The SMILES string of the molecule is C=C(C1=C(C)C=CC(CC(C)C)C(C)=C1)c1ccccc1C.Cc1ccc(C2=CCCC=C2)cc1. The maximum atomic E-state index is 4.39. The average molecular weight is 463 g/mol. The molecule has 4 rings (SSSR count). The third-order valence-electron chi connectivity index (χ3n) is 6.86. The maximum absolute atomic E-state index is 4.39. The van der Waals surface area contributed by atoms with Gasteiger partial charge in [0.25, 0.3) is 0 Å². The second-order valence-electron chi connectivity index (χ2n) is 10.4. The molecule has 0 aliphatic heterocycles. The molecular weight excluding hydrogens is 420 g/mol. The van der Waals surface area contributed by atoms with E-state index in [4.69, 9.17) is 0 Å². The predicted octanol–water partition coefficient (Wildman–Crippen LogP) is 10.2. The fraction of sp³-hybridized carbons (Fsp3) is 0.314. The molecule has 0 nitrogen and oxygen atoms in total. The molecule has 182 valence electrons. The van der Waals surface area contributed by atoms with Gasteiger partial charge in [0.15, 0.2) is 0 Å². The molecule has 0 saturated heterocycles. The molecule has 0 aromatic heterocycles. The van der Waals surface area contributed by atoms with E-state index in [0.717, 1.165) is 5.57 Å². The van der Waals surface area contributed by atoms with Crippen LogP contribution in [0, 0.1) is 25.7 Å². The van der Waals surface area contributed by atoms with Crippen LogP contribution in [0.1, 0.15) is 69.2 Å². The van der Waals surface area contributed by atoms with Crippen LogP contribution >= 0.6 is 0 Å². The van der Waals surface area contributed by atoms with Gasteiger partial charge in [-0.25, -0.2) is 0 Å². The Hall–Kier alpha value is -3.12. The largest absolute Gasteiger partial charge is 0.0905 e. The molecule has 2 aromatic rings. The molecular formula is C35H42. The van der Waals surface area contributed by atoms with Crippen LogP contribution in [0.2, 0.25) is 0 Å². The zero-order chi connectivity index (χ0) is 25.4. The van der Waals surface area contributed by atoms with Gasteiger partial charge in [0, 0.05) is 0 Å². The Balaban J connectivity index is 0.000000223. The Morgan fingerprint density at radius 1 is 0.914 bits per heavy atom. The van der Waals surface area contributed by atoms with Crippen LogP contribution in [0.3, 0.4) is 0 Å². The maximum Gasteiger partial charge on any atom is -0.00171 e. The van der Waals surface area contributed by atoms with Crippen molar-refractivity contribution in [3.05, 3.63) is 131 Å². The van der Waals surface area contributed by atoms with Gasteiger partial charge >= 0.3 is 0 Å². The fourth-order valence-electron chi connectivity index (χ4n) is 4.68. The Morgan fingerprint density at radius 2 is 1.63 bits per heavy atom. The number of hydrogen-bond acceptors (Lipinski definition) is 0. The van der Waals surface area contributed by atoms with Crippen LogP contribution in [0.15, 0.2) is 108 Å². The topological polar surface area (TPSA) is 0 Å². The van der Waals surface area contributed by atoms with Gasteiger partial charge < -0.3 is 0 Å². The normalized spacial score (nSPS) is 17.4. The van der Waals surface area contributed by atoms with E-state index in [9.17, 15) is 0 Å². The lowest BCUT2D eigenvalue weighted by Crippen LogP contribution is -2.03. The van der Waals surface area contributed by atoms with Crippen molar-refractivity contribution in [1.82, 2.24) is 0 Å². The molecule has 35 heavy (non-hydrogen) atoms. The highest BCUT2D eigenvalue weighted by molar-refractivity contribution is 5.83. The standard InChI is InChI=1S/C22H28.C13H14/c1-15(2)13-20-12-11-17(4)22(14-18(20)5)19(6)21-10-8-7-9-16(21)3;1-11-7-9-13(10-8-11)12-5-3-2-4-6-12/h7-12,14-15,20H,6,13H2,1-5H3;3,5-10H,2,4H2,1H3. The minimum Gasteiger partial charge on any atom is -0.0905 e. The first kappa shape index (κ1) is 26.5. The average Bonchev–Trinajstić information content (AvgIpc) is 2.99. The van der Waals surface area contributed by atoms with Crippen molar-refractivity contribution < 1.29 is 0 Å². The van der Waals surface area contributed by atoms with Crippen LogP contribution in [0.25, 0.3) is 11.1 Å². The molecule has 2 aromatic carbocycles. The molecule has 0 heterocycles. The highest BCUT2D eigenvalue weighted by Gasteiger charge is 2.16. The molecule has 2 aliphatic carbocycles. The molecule has 1 unspecified atom stereocenters. The first-order valence-electron chi connectivity index (χ1n) is 13.0. The summed E-state index contributed by atoms with van der Waals surface area (Å²) in [5, 5.41) is 0. The van der Waals surface area contributed by atoms with E-state index < -0.39 is 0 Å². The van der Waals surface area contributed by atoms with Crippen molar-refractivity contribution in [1.29, 1.82) is 0 Å². The van der Waals surface area contributed by atoms with Gasteiger partial charge in [-0.1, -0.05) is 117 Å². The predicted molar refractivity (Wildman–Crippen MR) is 156 cm³/mol. The van der Waals surface area contributed by atoms with E-state index in [-0.39, 0.29) is 0 Å². The van der Waals surface area contributed by atoms with Crippen molar-refractivity contribution in [3.63, 3.8) is 0 Å². The molecule has 0 heteroatoms. The Morgan fingerprint density at radius 3 is 2.26 bits per heavy atom. The summed E-state index contributed by atoms with van der Waals surface area (Å²) < 4.78 is 0. The number of rotatable bonds is 5. The summed E-state index contributed by atoms with van der Waals surface area (Å²) in [5.74, 6) is 1.25. The highest BCUT2D eigenvalue weighted by atomic mass is 14.2. The molecule has 1 atom stereocenters. The van der Waals surface area contributed by atoms with E-state index >= 15 is 0 Å². The lowest BCUT2D eigenvalue weighted by atomic mass is 9.89. The molecule has 0 amide bonds. The van der Waals surface area contributed by atoms with Gasteiger partial charge in [-0.05, 0) is 97.8 Å². The second kappa shape index (κ2) is 12.5. The zero-order valence-corrected chi connectivity index (χ0v) is 22.6. The third-order valence-corrected chi connectivity index (χ3v) is 6.86. The van der Waals surface area contributed by atoms with Crippen molar-refractivity contribution in [2.75, 3.05) is 0 Å². The van der Waals surface area contributed by atoms with Crippen molar-refractivity contribution in [2.24, 2.45) is 11.8 Å². The minimum atomic E-state index is 0.539. The van der Waals surface area contributed by atoms with Crippen LogP contribution in [-0.2, 0) is 0 Å². The molecule has 0 saturated carbocycles. The van der Waals surface area contributed by atoms with Crippen molar-refractivity contribution in [3.8, 4) is 0 Å². The van der Waals surface area contributed by atoms with E-state index in [1.54, 1.807) is 0 Å². The summed E-state index contributed by atoms with van der Waals surface area (Å²) in [6.45, 7) is 17.7. The Labute approximate surface area is 214 Å². The lowest BCUT2D eigenvalue weighted by molar-refractivity contribution is 0.518. The Kier molecular flexibility index (Phi) is 9.49. The molecule has 0 radical (unpaired) electrons. The monoisotopic (exact) mass is 462 g/mol. The van der Waals surface area contributed by atoms with Gasteiger partial charge in [0.1, 0.15) is 0 Å². The minimum absolute atomic E-state index is 0.539. The van der Waals surface area contributed by atoms with Gasteiger partial charge in [0.2, 0.25) is 0 Å². The molecule has 2 aliphatic rings. The summed E-state index contributed by atoms with van der Waals surface area (Å²) in [5.41, 5.74) is 11.7. The molecule has 0 spiro atoms. The fourth-order valence-corrected chi connectivity index (χ4v) is 4.68. The quantitative estimate of drug-likeness (QED) is 0.414. The van der Waals surface area contributed by atoms with Crippen LogP contribution in [0.4, 0.5) is 0 Å². The van der Waals surface area contributed by atoms with E-state index in [2.05, 4.69) is 133 Å². The smallest absolute Gasteiger partial charge is 0.00171 e. The molecule has 0 fully saturated rings. The summed E-state index contributed by atoms with van der Waals surface area (Å²) in [4.78, 5) is 0. The summed E-state index contributed by atoms with van der Waals surface area (Å²) >= 11 is 0. The number of benzene rings is 2. The van der Waals surface area contributed by atoms with Crippen molar-refractivity contribution >= 4 is 11.1 Å². The van der Waals surface area contributed by atoms with E-state index in [1.165, 1.54) is 63.8 Å². The molecule has 0 N–H and O–H groups in total. The highest BCUT2D eigenvalue weighted by Crippen LogP contribution is 2.33. The number of hydrogen-bond donors (Lipinski definition) is 0. The lowest BCUT2D eigenvalue weighted by Gasteiger charge is -2.16.